The maximum atomic E-state index is 10.7. The summed E-state index contributed by atoms with van der Waals surface area (Å²) in [6.45, 7) is 0. The number of carboxylic acids is 1. The molecule has 0 heterocycles. The van der Waals surface area contributed by atoms with Crippen molar-refractivity contribution in [1.82, 2.24) is 0 Å². The van der Waals surface area contributed by atoms with Gasteiger partial charge in [-0.05, 0) is 11.6 Å². The summed E-state index contributed by atoms with van der Waals surface area (Å²) in [7, 11) is 0. The molecule has 0 unspecified atom stereocenters. The smallest absolute Gasteiger partial charge is 0.337 e. The first-order valence-electron chi connectivity index (χ1n) is 3.83. The normalized spacial score (nSPS) is 8.71. The van der Waals surface area contributed by atoms with E-state index in [1.165, 1.54) is 12.1 Å². The highest BCUT2D eigenvalue weighted by atomic mass is 16.4. The molecule has 0 fully saturated rings. The van der Waals surface area contributed by atoms with Gasteiger partial charge in [-0.15, -0.1) is 0 Å². The van der Waals surface area contributed by atoms with E-state index in [0.717, 1.165) is 0 Å². The van der Waals surface area contributed by atoms with Crippen molar-refractivity contribution < 1.29 is 9.90 Å². The quantitative estimate of drug-likeness (QED) is 0.754. The third-order valence-corrected chi connectivity index (χ3v) is 1.76. The van der Waals surface area contributed by atoms with E-state index in [0.29, 0.717) is 5.56 Å². The van der Waals surface area contributed by atoms with E-state index in [-0.39, 0.29) is 17.5 Å². The molecule has 0 spiro atoms. The Kier molecular flexibility index (Phi) is 2.83. The average Bonchev–Trinajstić information content (AvgIpc) is 2.18. The molecule has 0 saturated heterocycles. The van der Waals surface area contributed by atoms with Crippen molar-refractivity contribution in [3.05, 3.63) is 34.9 Å². The summed E-state index contributed by atoms with van der Waals surface area (Å²) >= 11 is 0. The monoisotopic (exact) mass is 186 g/mol. The van der Waals surface area contributed by atoms with Gasteiger partial charge >= 0.3 is 5.97 Å². The minimum Gasteiger partial charge on any atom is -0.478 e. The molecule has 0 radical (unpaired) electrons. The maximum absolute atomic E-state index is 10.7. The zero-order valence-electron chi connectivity index (χ0n) is 7.19. The molecule has 1 rings (SSSR count). The number of nitriles is 2. The van der Waals surface area contributed by atoms with E-state index in [1.54, 1.807) is 12.1 Å². The lowest BCUT2D eigenvalue weighted by molar-refractivity contribution is 0.0696. The van der Waals surface area contributed by atoms with Gasteiger partial charge in [0.05, 0.1) is 23.6 Å². The van der Waals surface area contributed by atoms with Crippen LogP contribution in [0.4, 0.5) is 0 Å². The lowest BCUT2D eigenvalue weighted by Gasteiger charge is -2.01. The van der Waals surface area contributed by atoms with E-state index in [1.807, 2.05) is 6.07 Å². The van der Waals surface area contributed by atoms with Crippen LogP contribution in [0.3, 0.4) is 0 Å². The van der Waals surface area contributed by atoms with Crippen molar-refractivity contribution in [3.8, 4) is 12.1 Å². The van der Waals surface area contributed by atoms with E-state index in [4.69, 9.17) is 15.6 Å². The fraction of sp³-hybridized carbons (Fsp3) is 0.100. The summed E-state index contributed by atoms with van der Waals surface area (Å²) in [6, 6.07) is 8.13. The van der Waals surface area contributed by atoms with E-state index in [2.05, 4.69) is 0 Å². The predicted molar refractivity (Wildman–Crippen MR) is 47.4 cm³/mol. The minimum atomic E-state index is -1.15. The minimum absolute atomic E-state index is 0.0456. The standard InChI is InChI=1S/C10H6N2O2/c11-5-4-7-2-1-3-8(10(13)14)9(7)6-12/h1-3H,4H2,(H,13,14). The summed E-state index contributed by atoms with van der Waals surface area (Å²) in [4.78, 5) is 10.7. The van der Waals surface area contributed by atoms with Crippen molar-refractivity contribution in [2.45, 2.75) is 6.42 Å². The Morgan fingerprint density at radius 3 is 2.64 bits per heavy atom. The molecule has 0 bridgehead atoms. The lowest BCUT2D eigenvalue weighted by atomic mass is 10.0. The molecule has 14 heavy (non-hydrogen) atoms. The Morgan fingerprint density at radius 2 is 2.14 bits per heavy atom. The van der Waals surface area contributed by atoms with E-state index >= 15 is 0 Å². The van der Waals surface area contributed by atoms with Crippen molar-refractivity contribution in [3.63, 3.8) is 0 Å². The summed E-state index contributed by atoms with van der Waals surface area (Å²) in [5.74, 6) is -1.15. The zero-order chi connectivity index (χ0) is 10.6. The van der Waals surface area contributed by atoms with Crippen LogP contribution in [0.5, 0.6) is 0 Å². The molecule has 0 aliphatic heterocycles. The van der Waals surface area contributed by atoms with Crippen LogP contribution < -0.4 is 0 Å². The molecule has 0 saturated carbocycles. The molecule has 4 heteroatoms. The highest BCUT2D eigenvalue weighted by Crippen LogP contribution is 2.14. The van der Waals surface area contributed by atoms with Gasteiger partial charge in [0, 0.05) is 0 Å². The van der Waals surface area contributed by atoms with Crippen LogP contribution in [0, 0.1) is 22.7 Å². The number of hydrogen-bond donors (Lipinski definition) is 1. The van der Waals surface area contributed by atoms with Gasteiger partial charge in [0.25, 0.3) is 0 Å². The molecule has 1 aromatic rings. The Balaban J connectivity index is 3.36. The molecule has 68 valence electrons. The maximum Gasteiger partial charge on any atom is 0.337 e. The largest absolute Gasteiger partial charge is 0.478 e. The molecule has 0 atom stereocenters. The van der Waals surface area contributed by atoms with Crippen LogP contribution in [0.2, 0.25) is 0 Å². The molecular formula is C10H6N2O2. The van der Waals surface area contributed by atoms with Crippen molar-refractivity contribution in [1.29, 1.82) is 10.5 Å². The fourth-order valence-corrected chi connectivity index (χ4v) is 1.14. The molecule has 1 aromatic carbocycles. The van der Waals surface area contributed by atoms with Crippen LogP contribution in [0.15, 0.2) is 18.2 Å². The van der Waals surface area contributed by atoms with Gasteiger partial charge in [0.15, 0.2) is 0 Å². The first-order valence-corrected chi connectivity index (χ1v) is 3.83. The molecule has 0 aliphatic carbocycles. The molecular weight excluding hydrogens is 180 g/mol. The number of benzene rings is 1. The van der Waals surface area contributed by atoms with Gasteiger partial charge in [-0.25, -0.2) is 4.79 Å². The molecule has 4 nitrogen and oxygen atoms in total. The molecule has 1 N–H and O–H groups in total. The van der Waals surface area contributed by atoms with Crippen molar-refractivity contribution >= 4 is 5.97 Å². The van der Waals surface area contributed by atoms with Gasteiger partial charge < -0.3 is 5.11 Å². The summed E-state index contributed by atoms with van der Waals surface area (Å²) < 4.78 is 0. The van der Waals surface area contributed by atoms with Gasteiger partial charge in [-0.2, -0.15) is 10.5 Å². The van der Waals surface area contributed by atoms with Gasteiger partial charge in [0.2, 0.25) is 0 Å². The summed E-state index contributed by atoms with van der Waals surface area (Å²) in [6.07, 6.45) is 0.0456. The SMILES string of the molecule is N#CCc1cccc(C(=O)O)c1C#N. The van der Waals surface area contributed by atoms with Gasteiger partial charge in [0.1, 0.15) is 6.07 Å². The van der Waals surface area contributed by atoms with Crippen molar-refractivity contribution in [2.24, 2.45) is 0 Å². The van der Waals surface area contributed by atoms with Crippen LogP contribution in [-0.2, 0) is 6.42 Å². The second-order valence-corrected chi connectivity index (χ2v) is 2.59. The Labute approximate surface area is 80.6 Å². The van der Waals surface area contributed by atoms with Gasteiger partial charge in [-0.1, -0.05) is 12.1 Å². The van der Waals surface area contributed by atoms with Crippen LogP contribution in [0.25, 0.3) is 0 Å². The van der Waals surface area contributed by atoms with Crippen LogP contribution in [-0.4, -0.2) is 11.1 Å². The second-order valence-electron chi connectivity index (χ2n) is 2.59. The van der Waals surface area contributed by atoms with Crippen LogP contribution in [0.1, 0.15) is 21.5 Å². The Hall–Kier alpha value is -2.33. The first-order chi connectivity index (χ1) is 6.70. The third kappa shape index (κ3) is 1.70. The highest BCUT2D eigenvalue weighted by Gasteiger charge is 2.12. The topological polar surface area (TPSA) is 84.9 Å². The predicted octanol–water partition coefficient (Wildman–Crippen LogP) is 1.32. The average molecular weight is 186 g/mol. The third-order valence-electron chi connectivity index (χ3n) is 1.76. The summed E-state index contributed by atoms with van der Waals surface area (Å²) in [5.41, 5.74) is 0.469. The Morgan fingerprint density at radius 1 is 1.43 bits per heavy atom. The number of aromatic carboxylic acids is 1. The molecule has 0 aliphatic rings. The number of carboxylic acid groups (broad SMARTS) is 1. The van der Waals surface area contributed by atoms with E-state index < -0.39 is 5.97 Å². The Bertz CT molecular complexity index is 452. The zero-order valence-corrected chi connectivity index (χ0v) is 7.19. The fourth-order valence-electron chi connectivity index (χ4n) is 1.14. The second kappa shape index (κ2) is 4.06. The lowest BCUT2D eigenvalue weighted by Crippen LogP contribution is -2.02. The number of hydrogen-bond acceptors (Lipinski definition) is 3. The van der Waals surface area contributed by atoms with Crippen LogP contribution >= 0.6 is 0 Å². The number of nitrogens with zero attached hydrogens (tertiary/aromatic N) is 2. The highest BCUT2D eigenvalue weighted by molar-refractivity contribution is 5.91. The molecule has 0 aromatic heterocycles. The number of rotatable bonds is 2. The summed E-state index contributed by atoms with van der Waals surface area (Å²) in [5, 5.41) is 26.0. The molecule has 0 amide bonds. The van der Waals surface area contributed by atoms with E-state index in [9.17, 15) is 4.79 Å². The van der Waals surface area contributed by atoms with Gasteiger partial charge in [-0.3, -0.25) is 0 Å². The van der Waals surface area contributed by atoms with Crippen molar-refractivity contribution in [2.75, 3.05) is 0 Å². The first kappa shape index (κ1) is 9.76. The number of carbonyl (C=O) groups is 1.